The van der Waals surface area contributed by atoms with Crippen LogP contribution in [0.5, 0.6) is 0 Å². The Bertz CT molecular complexity index is 429. The number of nitrogens with zero attached hydrogens (tertiary/aromatic N) is 1. The number of rotatable bonds is 1. The van der Waals surface area contributed by atoms with Crippen molar-refractivity contribution >= 4 is 27.5 Å². The number of alkyl halides is 1. The molecule has 1 aromatic rings. The number of amides is 1. The van der Waals surface area contributed by atoms with Crippen LogP contribution in [-0.4, -0.2) is 17.3 Å². The first-order valence-electron chi connectivity index (χ1n) is 4.58. The van der Waals surface area contributed by atoms with Gasteiger partial charge in [-0.1, -0.05) is 15.9 Å². The third kappa shape index (κ3) is 1.93. The van der Waals surface area contributed by atoms with Crippen molar-refractivity contribution < 1.29 is 18.0 Å². The molecule has 1 fully saturated rings. The van der Waals surface area contributed by atoms with Gasteiger partial charge >= 0.3 is 0 Å². The molecular formula is C10H7BrF3NO. The molecule has 1 aliphatic heterocycles. The molecule has 1 aliphatic rings. The van der Waals surface area contributed by atoms with E-state index in [1.807, 2.05) is 0 Å². The Labute approximate surface area is 98.2 Å². The normalized spacial score (nSPS) is 20.6. The van der Waals surface area contributed by atoms with Gasteiger partial charge in [-0.15, -0.1) is 0 Å². The molecule has 0 aliphatic carbocycles. The van der Waals surface area contributed by atoms with Crippen molar-refractivity contribution in [1.82, 2.24) is 0 Å². The van der Waals surface area contributed by atoms with Crippen LogP contribution in [0.2, 0.25) is 0 Å². The summed E-state index contributed by atoms with van der Waals surface area (Å²) in [5.74, 6) is -4.35. The van der Waals surface area contributed by atoms with Crippen molar-refractivity contribution in [3.8, 4) is 0 Å². The van der Waals surface area contributed by atoms with Crippen LogP contribution in [-0.2, 0) is 4.79 Å². The Morgan fingerprint density at radius 3 is 2.25 bits per heavy atom. The summed E-state index contributed by atoms with van der Waals surface area (Å²) in [6.45, 7) is 0.323. The van der Waals surface area contributed by atoms with Crippen molar-refractivity contribution in [2.24, 2.45) is 0 Å². The van der Waals surface area contributed by atoms with E-state index in [4.69, 9.17) is 0 Å². The first-order valence-corrected chi connectivity index (χ1v) is 5.49. The fourth-order valence-corrected chi connectivity index (χ4v) is 2.18. The minimum atomic E-state index is -1.52. The Hall–Kier alpha value is -1.04. The lowest BCUT2D eigenvalue weighted by Crippen LogP contribution is -2.25. The van der Waals surface area contributed by atoms with E-state index in [-0.39, 0.29) is 22.8 Å². The molecule has 1 amide bonds. The molecule has 1 heterocycles. The monoisotopic (exact) mass is 293 g/mol. The average molecular weight is 294 g/mol. The number of carbonyl (C=O) groups excluding carboxylic acids is 1. The summed E-state index contributed by atoms with van der Waals surface area (Å²) in [6, 6.07) is 1.64. The fraction of sp³-hybridized carbons (Fsp3) is 0.300. The molecule has 1 aromatic carbocycles. The first-order chi connectivity index (χ1) is 7.49. The van der Waals surface area contributed by atoms with E-state index in [1.165, 1.54) is 4.90 Å². The minimum Gasteiger partial charge on any atom is -0.311 e. The zero-order chi connectivity index (χ0) is 11.9. The number of hydrogen-bond acceptors (Lipinski definition) is 1. The maximum absolute atomic E-state index is 13.0. The molecule has 0 spiro atoms. The number of carbonyl (C=O) groups is 1. The second-order valence-electron chi connectivity index (χ2n) is 3.53. The van der Waals surface area contributed by atoms with Crippen LogP contribution >= 0.6 is 15.9 Å². The van der Waals surface area contributed by atoms with E-state index in [2.05, 4.69) is 15.9 Å². The molecule has 0 aromatic heterocycles. The summed E-state index contributed by atoms with van der Waals surface area (Å²) in [6.07, 6.45) is 0.264. The van der Waals surface area contributed by atoms with Gasteiger partial charge in [-0.3, -0.25) is 4.79 Å². The Kier molecular flexibility index (Phi) is 2.92. The largest absolute Gasteiger partial charge is 0.311 e. The zero-order valence-corrected chi connectivity index (χ0v) is 9.60. The Morgan fingerprint density at radius 1 is 1.25 bits per heavy atom. The third-order valence-electron chi connectivity index (χ3n) is 2.36. The highest BCUT2D eigenvalue weighted by Crippen LogP contribution is 2.27. The lowest BCUT2D eigenvalue weighted by atomic mass is 10.2. The van der Waals surface area contributed by atoms with Crippen molar-refractivity contribution in [1.29, 1.82) is 0 Å². The maximum atomic E-state index is 13.0. The van der Waals surface area contributed by atoms with Crippen LogP contribution in [0.3, 0.4) is 0 Å². The molecule has 0 N–H and O–H groups in total. The molecule has 0 bridgehead atoms. The summed E-state index contributed by atoms with van der Waals surface area (Å²) in [5.41, 5.74) is 0.0448. The van der Waals surface area contributed by atoms with Crippen LogP contribution in [0, 0.1) is 17.5 Å². The van der Waals surface area contributed by atoms with Crippen molar-refractivity contribution in [3.05, 3.63) is 29.6 Å². The van der Waals surface area contributed by atoms with Crippen molar-refractivity contribution in [2.75, 3.05) is 11.4 Å². The van der Waals surface area contributed by atoms with Crippen LogP contribution < -0.4 is 4.90 Å². The molecular weight excluding hydrogens is 287 g/mol. The lowest BCUT2D eigenvalue weighted by molar-refractivity contribution is -0.117. The first kappa shape index (κ1) is 11.4. The predicted molar refractivity (Wildman–Crippen MR) is 56.0 cm³/mol. The van der Waals surface area contributed by atoms with E-state index in [9.17, 15) is 18.0 Å². The lowest BCUT2D eigenvalue weighted by Gasteiger charge is -2.16. The van der Waals surface area contributed by atoms with E-state index in [0.29, 0.717) is 6.54 Å². The average Bonchev–Trinajstić information content (AvgIpc) is 2.53. The zero-order valence-electron chi connectivity index (χ0n) is 8.01. The number of anilines is 1. The molecule has 2 rings (SSSR count). The summed E-state index contributed by atoms with van der Waals surface area (Å²) in [5, 5.41) is 0. The number of benzene rings is 1. The van der Waals surface area contributed by atoms with E-state index < -0.39 is 17.5 Å². The standard InChI is InChI=1S/C10H7BrF3NO/c11-5-1-9(16)15(4-5)6-2-7(12)10(14)8(13)3-6/h2-3,5H,1,4H2. The predicted octanol–water partition coefficient (Wildman–Crippen LogP) is 2.60. The fourth-order valence-electron chi connectivity index (χ4n) is 1.61. The quantitative estimate of drug-likeness (QED) is 0.576. The summed E-state index contributed by atoms with van der Waals surface area (Å²) in [4.78, 5) is 12.6. The molecule has 6 heteroatoms. The number of hydrogen-bond donors (Lipinski definition) is 0. The molecule has 16 heavy (non-hydrogen) atoms. The molecule has 86 valence electrons. The molecule has 0 radical (unpaired) electrons. The van der Waals surface area contributed by atoms with E-state index in [1.54, 1.807) is 0 Å². The smallest absolute Gasteiger partial charge is 0.228 e. The minimum absolute atomic E-state index is 0.0448. The van der Waals surface area contributed by atoms with Crippen molar-refractivity contribution in [2.45, 2.75) is 11.2 Å². The number of halogens is 4. The molecule has 1 saturated heterocycles. The summed E-state index contributed by atoms with van der Waals surface area (Å²) < 4.78 is 38.6. The van der Waals surface area contributed by atoms with Gasteiger partial charge in [0.25, 0.3) is 0 Å². The van der Waals surface area contributed by atoms with Gasteiger partial charge in [-0.2, -0.15) is 0 Å². The summed E-state index contributed by atoms with van der Waals surface area (Å²) >= 11 is 3.24. The second kappa shape index (κ2) is 4.08. The van der Waals surface area contributed by atoms with Gasteiger partial charge in [-0.05, 0) is 0 Å². The second-order valence-corrected chi connectivity index (χ2v) is 4.82. The van der Waals surface area contributed by atoms with E-state index in [0.717, 1.165) is 12.1 Å². The van der Waals surface area contributed by atoms with Gasteiger partial charge in [0.2, 0.25) is 5.91 Å². The Morgan fingerprint density at radius 2 is 1.81 bits per heavy atom. The van der Waals surface area contributed by atoms with E-state index >= 15 is 0 Å². The molecule has 0 saturated carbocycles. The molecule has 1 atom stereocenters. The van der Waals surface area contributed by atoms with Crippen molar-refractivity contribution in [3.63, 3.8) is 0 Å². The van der Waals surface area contributed by atoms with Crippen LogP contribution in [0.1, 0.15) is 6.42 Å². The summed E-state index contributed by atoms with van der Waals surface area (Å²) in [7, 11) is 0. The van der Waals surface area contributed by atoms with Gasteiger partial charge in [0, 0.05) is 35.6 Å². The van der Waals surface area contributed by atoms with Crippen LogP contribution in [0.4, 0.5) is 18.9 Å². The highest BCUT2D eigenvalue weighted by molar-refractivity contribution is 9.09. The maximum Gasteiger partial charge on any atom is 0.228 e. The third-order valence-corrected chi connectivity index (χ3v) is 2.97. The Balaban J connectivity index is 2.38. The van der Waals surface area contributed by atoms with Gasteiger partial charge in [0.1, 0.15) is 0 Å². The molecule has 2 nitrogen and oxygen atoms in total. The SMILES string of the molecule is O=C1CC(Br)CN1c1cc(F)c(F)c(F)c1. The highest BCUT2D eigenvalue weighted by atomic mass is 79.9. The van der Waals surface area contributed by atoms with Gasteiger partial charge in [-0.25, -0.2) is 13.2 Å². The van der Waals surface area contributed by atoms with Gasteiger partial charge < -0.3 is 4.90 Å². The van der Waals surface area contributed by atoms with Crippen LogP contribution in [0.15, 0.2) is 12.1 Å². The van der Waals surface area contributed by atoms with Crippen LogP contribution in [0.25, 0.3) is 0 Å². The molecule has 1 unspecified atom stereocenters. The topological polar surface area (TPSA) is 20.3 Å². The van der Waals surface area contributed by atoms with Gasteiger partial charge in [0.15, 0.2) is 17.5 Å². The highest BCUT2D eigenvalue weighted by Gasteiger charge is 2.29. The van der Waals surface area contributed by atoms with Gasteiger partial charge in [0.05, 0.1) is 0 Å².